The van der Waals surface area contributed by atoms with E-state index in [1.807, 2.05) is 42.5 Å². The Morgan fingerprint density at radius 1 is 0.383 bits per heavy atom. The molecule has 0 radical (unpaired) electrons. The normalized spacial score (nSPS) is 20.8. The van der Waals surface area contributed by atoms with Crippen molar-refractivity contribution in [2.24, 2.45) is 17.8 Å². The number of nitrogens with zero attached hydrogens (tertiary/aromatic N) is 3. The molecule has 10 aromatic rings. The van der Waals surface area contributed by atoms with Crippen molar-refractivity contribution in [1.82, 2.24) is 15.0 Å². The van der Waals surface area contributed by atoms with Gasteiger partial charge in [0.05, 0.1) is 11.1 Å². The fraction of sp³-hybridized carbons (Fsp3) is 0.182. The zero-order valence-corrected chi connectivity index (χ0v) is 33.1. The first kappa shape index (κ1) is 34.1. The molecule has 4 aliphatic carbocycles. The Kier molecular flexibility index (Phi) is 7.42. The molecule has 0 atom stereocenters. The van der Waals surface area contributed by atoms with E-state index in [1.54, 1.807) is 0 Å². The number of hydrogen-bond acceptors (Lipinski definition) is 5. The van der Waals surface area contributed by atoms with E-state index in [-0.39, 0.29) is 0 Å². The minimum atomic E-state index is 0.349. The lowest BCUT2D eigenvalue weighted by atomic mass is 9.48. The zero-order chi connectivity index (χ0) is 39.4. The Morgan fingerprint density at radius 3 is 1.63 bits per heavy atom. The lowest BCUT2D eigenvalue weighted by Gasteiger charge is -2.57. The predicted octanol–water partition coefficient (Wildman–Crippen LogP) is 14.5. The van der Waals surface area contributed by atoms with Gasteiger partial charge in [-0.25, -0.2) is 15.0 Å². The summed E-state index contributed by atoms with van der Waals surface area (Å²) in [5, 5.41) is 4.19. The molecule has 14 rings (SSSR count). The Morgan fingerprint density at radius 2 is 0.917 bits per heavy atom. The molecule has 4 saturated carbocycles. The molecule has 288 valence electrons. The van der Waals surface area contributed by atoms with Crippen molar-refractivity contribution < 1.29 is 8.83 Å². The molecule has 3 heterocycles. The first-order chi connectivity index (χ1) is 29.6. The molecule has 4 bridgehead atoms. The largest absolute Gasteiger partial charge is 0.455 e. The lowest BCUT2D eigenvalue weighted by molar-refractivity contribution is -0.00518. The zero-order valence-electron chi connectivity index (χ0n) is 33.1. The van der Waals surface area contributed by atoms with Crippen molar-refractivity contribution in [3.63, 3.8) is 0 Å². The summed E-state index contributed by atoms with van der Waals surface area (Å²) in [6.45, 7) is 0. The van der Waals surface area contributed by atoms with E-state index in [4.69, 9.17) is 23.8 Å². The number of benzene rings is 7. The minimum Gasteiger partial charge on any atom is -0.455 e. The molecule has 3 aromatic heterocycles. The molecule has 5 nitrogen and oxygen atoms in total. The van der Waals surface area contributed by atoms with E-state index in [9.17, 15) is 0 Å². The van der Waals surface area contributed by atoms with Gasteiger partial charge in [-0.3, -0.25) is 0 Å². The fourth-order valence-corrected chi connectivity index (χ4v) is 11.8. The Bertz CT molecular complexity index is 3270. The molecule has 4 aliphatic rings. The van der Waals surface area contributed by atoms with Crippen molar-refractivity contribution in [1.29, 1.82) is 0 Å². The Labute approximate surface area is 347 Å². The van der Waals surface area contributed by atoms with Gasteiger partial charge in [-0.2, -0.15) is 0 Å². The first-order valence-corrected chi connectivity index (χ1v) is 21.5. The van der Waals surface area contributed by atoms with Crippen LogP contribution in [0.2, 0.25) is 0 Å². The van der Waals surface area contributed by atoms with Crippen molar-refractivity contribution in [2.45, 2.75) is 43.9 Å². The standard InChI is InChI=1S/C55H41N3O2/c1-2-10-36(11-3-1)38-12-8-13-39(27-38)52-56-53(45-17-9-16-44-42-14-4-6-18-48(42)59-50(44)45)58-54(57-52)47-29-40(28-46-43-15-5-7-19-49(43)60-51(46)47)37-20-22-41(23-21-37)55-30-33-24-34(31-55)26-35(25-33)32-55/h1-23,27-29,33-35H,24-26,30-32H2. The highest BCUT2D eigenvalue weighted by Gasteiger charge is 2.51. The van der Waals surface area contributed by atoms with Gasteiger partial charge in [0.1, 0.15) is 22.3 Å². The molecule has 5 heteroatoms. The summed E-state index contributed by atoms with van der Waals surface area (Å²) in [4.78, 5) is 15.9. The van der Waals surface area contributed by atoms with Crippen molar-refractivity contribution in [3.8, 4) is 56.4 Å². The van der Waals surface area contributed by atoms with E-state index < -0.39 is 0 Å². The second kappa shape index (κ2) is 13.1. The van der Waals surface area contributed by atoms with Crippen LogP contribution in [0.5, 0.6) is 0 Å². The Hall–Kier alpha value is -6.85. The predicted molar refractivity (Wildman–Crippen MR) is 241 cm³/mol. The molecule has 0 aliphatic heterocycles. The molecular formula is C55H41N3O2. The maximum atomic E-state index is 6.75. The molecule has 0 saturated heterocycles. The maximum absolute atomic E-state index is 6.75. The summed E-state index contributed by atoms with van der Waals surface area (Å²) in [6.07, 6.45) is 8.42. The average Bonchev–Trinajstić information content (AvgIpc) is 3.87. The lowest BCUT2D eigenvalue weighted by Crippen LogP contribution is -2.48. The van der Waals surface area contributed by atoms with Gasteiger partial charge >= 0.3 is 0 Å². The third-order valence-electron chi connectivity index (χ3n) is 14.1. The van der Waals surface area contributed by atoms with Gasteiger partial charge in [-0.05, 0) is 126 Å². The van der Waals surface area contributed by atoms with Gasteiger partial charge in [0.2, 0.25) is 0 Å². The highest BCUT2D eigenvalue weighted by molar-refractivity contribution is 6.11. The second-order valence-corrected chi connectivity index (χ2v) is 17.8. The molecule has 0 N–H and O–H groups in total. The third kappa shape index (κ3) is 5.41. The van der Waals surface area contributed by atoms with Gasteiger partial charge in [-0.1, -0.05) is 121 Å². The number of hydrogen-bond donors (Lipinski definition) is 0. The Balaban J connectivity index is 1.01. The van der Waals surface area contributed by atoms with Gasteiger partial charge in [0.25, 0.3) is 0 Å². The molecule has 0 spiro atoms. The molecule has 7 aromatic carbocycles. The number of furan rings is 2. The molecule has 0 unspecified atom stereocenters. The highest BCUT2D eigenvalue weighted by Crippen LogP contribution is 2.61. The quantitative estimate of drug-likeness (QED) is 0.168. The number of rotatable bonds is 6. The van der Waals surface area contributed by atoms with Crippen LogP contribution in [0.15, 0.2) is 167 Å². The van der Waals surface area contributed by atoms with E-state index in [2.05, 4.69) is 115 Å². The van der Waals surface area contributed by atoms with Crippen LogP contribution >= 0.6 is 0 Å². The summed E-state index contributed by atoms with van der Waals surface area (Å²) < 4.78 is 13.3. The smallest absolute Gasteiger partial charge is 0.167 e. The van der Waals surface area contributed by atoms with Crippen LogP contribution in [0.1, 0.15) is 44.1 Å². The first-order valence-electron chi connectivity index (χ1n) is 21.5. The van der Waals surface area contributed by atoms with Gasteiger partial charge in [0.15, 0.2) is 17.5 Å². The molecule has 0 amide bonds. The van der Waals surface area contributed by atoms with Crippen molar-refractivity contribution >= 4 is 43.9 Å². The van der Waals surface area contributed by atoms with Crippen LogP contribution in [0, 0.1) is 17.8 Å². The van der Waals surface area contributed by atoms with Gasteiger partial charge in [-0.15, -0.1) is 0 Å². The van der Waals surface area contributed by atoms with Crippen molar-refractivity contribution in [3.05, 3.63) is 163 Å². The monoisotopic (exact) mass is 775 g/mol. The summed E-state index contributed by atoms with van der Waals surface area (Å²) in [5.74, 6) is 4.39. The van der Waals surface area contributed by atoms with Crippen LogP contribution in [0.25, 0.3) is 100 Å². The molecule has 4 fully saturated rings. The third-order valence-corrected chi connectivity index (χ3v) is 14.1. The summed E-state index contributed by atoms with van der Waals surface area (Å²) >= 11 is 0. The van der Waals surface area contributed by atoms with Crippen LogP contribution in [-0.4, -0.2) is 15.0 Å². The van der Waals surface area contributed by atoms with Crippen LogP contribution in [0.3, 0.4) is 0 Å². The van der Waals surface area contributed by atoms with Crippen LogP contribution in [-0.2, 0) is 5.41 Å². The number of aromatic nitrogens is 3. The van der Waals surface area contributed by atoms with E-state index in [0.717, 1.165) is 95.0 Å². The maximum Gasteiger partial charge on any atom is 0.167 e. The summed E-state index contributed by atoms with van der Waals surface area (Å²) in [7, 11) is 0. The fourth-order valence-electron chi connectivity index (χ4n) is 11.8. The number of fused-ring (bicyclic) bond motifs is 6. The SMILES string of the molecule is c1ccc(-c2cccc(-c3nc(-c4cccc5c4oc4ccccc45)nc(-c4cc(-c5ccc(C67CC8CC(CC(C8)C6)C7)cc5)cc5c4oc4ccccc45)n3)c2)cc1. The van der Waals surface area contributed by atoms with Crippen molar-refractivity contribution in [2.75, 3.05) is 0 Å². The molecule has 60 heavy (non-hydrogen) atoms. The van der Waals surface area contributed by atoms with E-state index in [0.29, 0.717) is 22.9 Å². The number of para-hydroxylation sites is 3. The second-order valence-electron chi connectivity index (χ2n) is 17.8. The molecular weight excluding hydrogens is 735 g/mol. The van der Waals surface area contributed by atoms with Crippen LogP contribution in [0.4, 0.5) is 0 Å². The minimum absolute atomic E-state index is 0.349. The van der Waals surface area contributed by atoms with Gasteiger partial charge < -0.3 is 8.83 Å². The van der Waals surface area contributed by atoms with E-state index >= 15 is 0 Å². The van der Waals surface area contributed by atoms with E-state index in [1.165, 1.54) is 49.7 Å². The summed E-state index contributed by atoms with van der Waals surface area (Å²) in [6, 6.07) is 55.6. The topological polar surface area (TPSA) is 65.0 Å². The van der Waals surface area contributed by atoms with Gasteiger partial charge in [0, 0.05) is 27.1 Å². The van der Waals surface area contributed by atoms with Crippen LogP contribution < -0.4 is 0 Å². The summed E-state index contributed by atoms with van der Waals surface area (Å²) in [5.41, 5.74) is 12.1. The average molecular weight is 776 g/mol. The highest BCUT2D eigenvalue weighted by atomic mass is 16.3.